The summed E-state index contributed by atoms with van der Waals surface area (Å²) < 4.78 is 13.4. The summed E-state index contributed by atoms with van der Waals surface area (Å²) >= 11 is 0. The van der Waals surface area contributed by atoms with E-state index in [4.69, 9.17) is 5.73 Å². The summed E-state index contributed by atoms with van der Waals surface area (Å²) in [7, 11) is 0. The van der Waals surface area contributed by atoms with Crippen LogP contribution in [0.2, 0.25) is 0 Å². The Morgan fingerprint density at radius 1 is 1.11 bits per heavy atom. The van der Waals surface area contributed by atoms with E-state index in [1.165, 1.54) is 17.7 Å². The molecule has 0 aliphatic rings. The largest absolute Gasteiger partial charge is 0.320 e. The number of benzene rings is 2. The van der Waals surface area contributed by atoms with Gasteiger partial charge < -0.3 is 5.73 Å². The highest BCUT2D eigenvalue weighted by Gasteiger charge is 2.11. The Bertz CT molecular complexity index is 543. The van der Waals surface area contributed by atoms with Crippen LogP contribution < -0.4 is 5.73 Å². The molecule has 0 bridgehead atoms. The Morgan fingerprint density at radius 2 is 1.89 bits per heavy atom. The second-order valence-corrected chi connectivity index (χ2v) is 5.03. The molecule has 2 aromatic rings. The molecule has 19 heavy (non-hydrogen) atoms. The fourth-order valence-corrected chi connectivity index (χ4v) is 2.37. The second-order valence-electron chi connectivity index (χ2n) is 5.03. The van der Waals surface area contributed by atoms with Gasteiger partial charge in [0.05, 0.1) is 6.04 Å². The number of halogens is 1. The number of hydrogen-bond donors (Lipinski definition) is 1. The Hall–Kier alpha value is -1.67. The molecule has 1 unspecified atom stereocenters. The highest BCUT2D eigenvalue weighted by atomic mass is 19.1. The molecule has 0 amide bonds. The van der Waals surface area contributed by atoms with Gasteiger partial charge in [0.2, 0.25) is 0 Å². The van der Waals surface area contributed by atoms with E-state index in [0.29, 0.717) is 0 Å². The molecule has 0 spiro atoms. The van der Waals surface area contributed by atoms with Crippen LogP contribution in [0.25, 0.3) is 0 Å². The molecule has 0 aromatic heterocycles. The molecule has 2 rings (SSSR count). The topological polar surface area (TPSA) is 26.0 Å². The van der Waals surface area contributed by atoms with Crippen molar-refractivity contribution < 1.29 is 4.39 Å². The van der Waals surface area contributed by atoms with Gasteiger partial charge in [-0.2, -0.15) is 0 Å². The zero-order valence-electron chi connectivity index (χ0n) is 11.5. The van der Waals surface area contributed by atoms with Gasteiger partial charge in [-0.3, -0.25) is 0 Å². The van der Waals surface area contributed by atoms with Crippen LogP contribution in [0.1, 0.15) is 41.6 Å². The Labute approximate surface area is 114 Å². The van der Waals surface area contributed by atoms with Crippen molar-refractivity contribution in [2.24, 2.45) is 5.73 Å². The summed E-state index contributed by atoms with van der Waals surface area (Å²) in [6, 6.07) is 13.0. The smallest absolute Gasteiger partial charge is 0.123 e. The van der Waals surface area contributed by atoms with E-state index in [0.717, 1.165) is 29.5 Å². The molecular formula is C17H20FN. The minimum absolute atomic E-state index is 0.227. The number of rotatable bonds is 4. The molecule has 0 saturated carbocycles. The Balaban J connectivity index is 2.32. The quantitative estimate of drug-likeness (QED) is 0.875. The minimum Gasteiger partial charge on any atom is -0.320 e. The lowest BCUT2D eigenvalue weighted by Gasteiger charge is -2.14. The van der Waals surface area contributed by atoms with E-state index >= 15 is 0 Å². The van der Waals surface area contributed by atoms with Crippen molar-refractivity contribution in [1.29, 1.82) is 0 Å². The van der Waals surface area contributed by atoms with Crippen LogP contribution in [-0.4, -0.2) is 0 Å². The van der Waals surface area contributed by atoms with Crippen LogP contribution in [0.4, 0.5) is 4.39 Å². The first-order valence-electron chi connectivity index (χ1n) is 6.71. The van der Waals surface area contributed by atoms with Gasteiger partial charge in [0.25, 0.3) is 0 Å². The van der Waals surface area contributed by atoms with Crippen LogP contribution in [0.5, 0.6) is 0 Å². The van der Waals surface area contributed by atoms with Gasteiger partial charge >= 0.3 is 0 Å². The molecule has 2 aromatic carbocycles. The highest BCUT2D eigenvalue weighted by Crippen LogP contribution is 2.22. The SMILES string of the molecule is CCCc1cccc(C(N)c2cc(C)cc(F)c2)c1. The molecule has 0 aliphatic heterocycles. The maximum atomic E-state index is 13.4. The third-order valence-electron chi connectivity index (χ3n) is 3.27. The van der Waals surface area contributed by atoms with Crippen LogP contribution in [0.3, 0.4) is 0 Å². The van der Waals surface area contributed by atoms with Gasteiger partial charge in [-0.15, -0.1) is 0 Å². The fourth-order valence-electron chi connectivity index (χ4n) is 2.37. The van der Waals surface area contributed by atoms with Crippen molar-refractivity contribution in [3.63, 3.8) is 0 Å². The predicted molar refractivity (Wildman–Crippen MR) is 77.6 cm³/mol. The van der Waals surface area contributed by atoms with Crippen LogP contribution in [0, 0.1) is 12.7 Å². The standard InChI is InChI=1S/C17H20FN/c1-3-5-13-6-4-7-14(10-13)17(19)15-8-12(2)9-16(18)11-15/h4,6-11,17H,3,5,19H2,1-2H3. The van der Waals surface area contributed by atoms with Gasteiger partial charge in [0.1, 0.15) is 5.82 Å². The molecule has 0 aliphatic carbocycles. The maximum absolute atomic E-state index is 13.4. The number of hydrogen-bond acceptors (Lipinski definition) is 1. The Kier molecular flexibility index (Phi) is 4.33. The van der Waals surface area contributed by atoms with Crippen molar-refractivity contribution in [1.82, 2.24) is 0 Å². The molecule has 2 heteroatoms. The minimum atomic E-state index is -0.272. The molecule has 0 radical (unpaired) electrons. The summed E-state index contributed by atoms with van der Waals surface area (Å²) in [6.45, 7) is 4.04. The van der Waals surface area contributed by atoms with E-state index in [9.17, 15) is 4.39 Å². The highest BCUT2D eigenvalue weighted by molar-refractivity contribution is 5.36. The van der Waals surface area contributed by atoms with E-state index in [1.807, 2.05) is 25.1 Å². The van der Waals surface area contributed by atoms with Gasteiger partial charge in [-0.1, -0.05) is 43.7 Å². The zero-order valence-corrected chi connectivity index (χ0v) is 11.5. The molecule has 0 saturated heterocycles. The molecule has 0 heterocycles. The Morgan fingerprint density at radius 3 is 2.58 bits per heavy atom. The average molecular weight is 257 g/mol. The van der Waals surface area contributed by atoms with Crippen LogP contribution in [-0.2, 0) is 6.42 Å². The normalized spacial score (nSPS) is 12.4. The van der Waals surface area contributed by atoms with Gasteiger partial charge in [0.15, 0.2) is 0 Å². The fraction of sp³-hybridized carbons (Fsp3) is 0.294. The summed E-state index contributed by atoms with van der Waals surface area (Å²) in [5.41, 5.74) is 10.3. The first-order chi connectivity index (χ1) is 9.10. The van der Waals surface area contributed by atoms with E-state index < -0.39 is 0 Å². The van der Waals surface area contributed by atoms with Gasteiger partial charge in [-0.25, -0.2) is 4.39 Å². The summed E-state index contributed by atoms with van der Waals surface area (Å²) in [5.74, 6) is -0.227. The molecule has 100 valence electrons. The van der Waals surface area contributed by atoms with E-state index in [-0.39, 0.29) is 11.9 Å². The lowest BCUT2D eigenvalue weighted by molar-refractivity contribution is 0.622. The van der Waals surface area contributed by atoms with Crippen LogP contribution >= 0.6 is 0 Å². The monoisotopic (exact) mass is 257 g/mol. The zero-order chi connectivity index (χ0) is 13.8. The van der Waals surface area contributed by atoms with Crippen molar-refractivity contribution in [3.05, 3.63) is 70.5 Å². The van der Waals surface area contributed by atoms with Gasteiger partial charge in [0, 0.05) is 0 Å². The first kappa shape index (κ1) is 13.8. The molecule has 2 N–H and O–H groups in total. The molecule has 0 fully saturated rings. The van der Waals surface area contributed by atoms with Crippen molar-refractivity contribution in [2.75, 3.05) is 0 Å². The summed E-state index contributed by atoms with van der Waals surface area (Å²) in [5, 5.41) is 0. The third-order valence-corrected chi connectivity index (χ3v) is 3.27. The van der Waals surface area contributed by atoms with Crippen molar-refractivity contribution >= 4 is 0 Å². The molecular weight excluding hydrogens is 237 g/mol. The summed E-state index contributed by atoms with van der Waals surface area (Å²) in [4.78, 5) is 0. The molecule has 1 nitrogen and oxygen atoms in total. The van der Waals surface area contributed by atoms with Crippen molar-refractivity contribution in [2.45, 2.75) is 32.7 Å². The third kappa shape index (κ3) is 3.42. The second kappa shape index (κ2) is 5.98. The van der Waals surface area contributed by atoms with Crippen LogP contribution in [0.15, 0.2) is 42.5 Å². The summed E-state index contributed by atoms with van der Waals surface area (Å²) in [6.07, 6.45) is 2.15. The maximum Gasteiger partial charge on any atom is 0.123 e. The van der Waals surface area contributed by atoms with E-state index in [2.05, 4.69) is 19.1 Å². The predicted octanol–water partition coefficient (Wildman–Crippen LogP) is 4.13. The van der Waals surface area contributed by atoms with Gasteiger partial charge in [-0.05, 0) is 47.7 Å². The number of aryl methyl sites for hydroxylation is 2. The first-order valence-corrected chi connectivity index (χ1v) is 6.71. The van der Waals surface area contributed by atoms with Crippen molar-refractivity contribution in [3.8, 4) is 0 Å². The molecule has 1 atom stereocenters. The average Bonchev–Trinajstić information content (AvgIpc) is 2.37. The number of nitrogens with two attached hydrogens (primary N) is 1. The lowest BCUT2D eigenvalue weighted by Crippen LogP contribution is -2.12. The lowest BCUT2D eigenvalue weighted by atomic mass is 9.96. The van der Waals surface area contributed by atoms with E-state index in [1.54, 1.807) is 0 Å².